The van der Waals surface area contributed by atoms with E-state index in [9.17, 15) is 0 Å². The number of hydrogen-bond donors (Lipinski definition) is 1. The van der Waals surface area contributed by atoms with Gasteiger partial charge in [-0.2, -0.15) is 0 Å². The van der Waals surface area contributed by atoms with Gasteiger partial charge in [-0.1, -0.05) is 11.6 Å². The van der Waals surface area contributed by atoms with Gasteiger partial charge in [0, 0.05) is 18.3 Å². The van der Waals surface area contributed by atoms with Gasteiger partial charge in [0.15, 0.2) is 5.82 Å². The molecule has 2 heterocycles. The minimum Gasteiger partial charge on any atom is -0.373 e. The van der Waals surface area contributed by atoms with Crippen molar-refractivity contribution in [2.75, 3.05) is 12.4 Å². The van der Waals surface area contributed by atoms with E-state index >= 15 is 0 Å². The maximum Gasteiger partial charge on any atom is 0.171 e. The van der Waals surface area contributed by atoms with Crippen LogP contribution >= 0.6 is 22.9 Å². The third kappa shape index (κ3) is 2.10. The third-order valence-corrected chi connectivity index (χ3v) is 4.44. The summed E-state index contributed by atoms with van der Waals surface area (Å²) in [5.74, 6) is 1.76. The number of anilines is 1. The molecule has 0 bridgehead atoms. The predicted molar refractivity (Wildman–Crippen MR) is 76.5 cm³/mol. The van der Waals surface area contributed by atoms with Crippen LogP contribution in [0, 0.1) is 0 Å². The van der Waals surface area contributed by atoms with Crippen LogP contribution in [0.25, 0.3) is 10.7 Å². The summed E-state index contributed by atoms with van der Waals surface area (Å²) in [5, 5.41) is 3.19. The Kier molecular flexibility index (Phi) is 3.22. The van der Waals surface area contributed by atoms with Gasteiger partial charge in [-0.3, -0.25) is 0 Å². The molecule has 5 heteroatoms. The molecule has 0 spiro atoms. The van der Waals surface area contributed by atoms with Gasteiger partial charge in [-0.25, -0.2) is 9.97 Å². The number of rotatable bonds is 2. The zero-order chi connectivity index (χ0) is 12.5. The average Bonchev–Trinajstić information content (AvgIpc) is 2.84. The Morgan fingerprint density at radius 3 is 2.78 bits per heavy atom. The van der Waals surface area contributed by atoms with Crippen LogP contribution < -0.4 is 5.32 Å². The smallest absolute Gasteiger partial charge is 0.171 e. The Balaban J connectivity index is 2.11. The highest BCUT2D eigenvalue weighted by molar-refractivity contribution is 7.19. The van der Waals surface area contributed by atoms with Gasteiger partial charge in [-0.15, -0.1) is 11.3 Å². The molecular weight excluding hydrogens is 266 g/mol. The molecular formula is C13H14ClN3S. The van der Waals surface area contributed by atoms with Gasteiger partial charge in [-0.05, 0) is 37.8 Å². The van der Waals surface area contributed by atoms with E-state index in [1.807, 2.05) is 19.2 Å². The number of nitrogens with zero attached hydrogens (tertiary/aromatic N) is 2. The van der Waals surface area contributed by atoms with Gasteiger partial charge in [0.25, 0.3) is 0 Å². The van der Waals surface area contributed by atoms with Gasteiger partial charge >= 0.3 is 0 Å². The highest BCUT2D eigenvalue weighted by Crippen LogP contribution is 2.32. The fourth-order valence-corrected chi connectivity index (χ4v) is 3.32. The number of aromatic nitrogens is 2. The van der Waals surface area contributed by atoms with Crippen LogP contribution in [0.4, 0.5) is 5.82 Å². The largest absolute Gasteiger partial charge is 0.373 e. The van der Waals surface area contributed by atoms with Crippen molar-refractivity contribution in [3.05, 3.63) is 27.7 Å². The number of aryl methyl sites for hydroxylation is 1. The molecule has 0 saturated carbocycles. The van der Waals surface area contributed by atoms with Crippen molar-refractivity contribution in [2.24, 2.45) is 0 Å². The summed E-state index contributed by atoms with van der Waals surface area (Å²) < 4.78 is 0.775. The van der Waals surface area contributed by atoms with E-state index in [0.29, 0.717) is 0 Å². The molecule has 0 unspecified atom stereocenters. The van der Waals surface area contributed by atoms with E-state index in [4.69, 9.17) is 16.6 Å². The molecule has 3 rings (SSSR count). The van der Waals surface area contributed by atoms with Crippen molar-refractivity contribution in [1.29, 1.82) is 0 Å². The SMILES string of the molecule is CNc1nc(-c2ccc(Cl)s2)nc2c1CCCC2. The molecule has 0 amide bonds. The lowest BCUT2D eigenvalue weighted by atomic mass is 9.96. The van der Waals surface area contributed by atoms with Crippen LogP contribution in [0.5, 0.6) is 0 Å². The molecule has 0 atom stereocenters. The maximum atomic E-state index is 5.97. The zero-order valence-corrected chi connectivity index (χ0v) is 11.7. The fourth-order valence-electron chi connectivity index (χ4n) is 2.35. The Bertz CT molecular complexity index is 562. The van der Waals surface area contributed by atoms with E-state index in [1.54, 1.807) is 0 Å². The van der Waals surface area contributed by atoms with Crippen LogP contribution in [0.2, 0.25) is 4.34 Å². The first-order chi connectivity index (χ1) is 8.78. The molecule has 1 N–H and O–H groups in total. The van der Waals surface area contributed by atoms with E-state index in [2.05, 4.69) is 10.3 Å². The standard InChI is InChI=1S/C13H14ClN3S/c1-15-12-8-4-2-3-5-9(8)16-13(17-12)10-6-7-11(14)18-10/h6-7H,2-5H2,1H3,(H,15,16,17). The second-order valence-electron chi connectivity index (χ2n) is 4.38. The topological polar surface area (TPSA) is 37.8 Å². The molecule has 1 aliphatic carbocycles. The molecule has 0 aliphatic heterocycles. The number of halogens is 1. The van der Waals surface area contributed by atoms with Crippen molar-refractivity contribution in [3.63, 3.8) is 0 Å². The minimum atomic E-state index is 0.775. The molecule has 0 aromatic carbocycles. The van der Waals surface area contributed by atoms with Crippen LogP contribution in [0.1, 0.15) is 24.1 Å². The first-order valence-corrected chi connectivity index (χ1v) is 7.30. The van der Waals surface area contributed by atoms with Crippen LogP contribution in [-0.2, 0) is 12.8 Å². The molecule has 0 radical (unpaired) electrons. The first-order valence-electron chi connectivity index (χ1n) is 6.11. The highest BCUT2D eigenvalue weighted by atomic mass is 35.5. The van der Waals surface area contributed by atoms with Gasteiger partial charge in [0.05, 0.1) is 9.21 Å². The molecule has 2 aromatic heterocycles. The quantitative estimate of drug-likeness (QED) is 0.909. The van der Waals surface area contributed by atoms with E-state index in [1.165, 1.54) is 35.4 Å². The molecule has 0 fully saturated rings. The lowest BCUT2D eigenvalue weighted by Gasteiger charge is -2.18. The highest BCUT2D eigenvalue weighted by Gasteiger charge is 2.18. The minimum absolute atomic E-state index is 0.775. The predicted octanol–water partition coefficient (Wildman–Crippen LogP) is 3.78. The van der Waals surface area contributed by atoms with Crippen molar-refractivity contribution in [3.8, 4) is 10.7 Å². The number of thiophene rings is 1. The normalized spacial score (nSPS) is 14.3. The van der Waals surface area contributed by atoms with Crippen molar-refractivity contribution in [1.82, 2.24) is 9.97 Å². The molecule has 2 aromatic rings. The van der Waals surface area contributed by atoms with Gasteiger partial charge in [0.2, 0.25) is 0 Å². The molecule has 18 heavy (non-hydrogen) atoms. The Morgan fingerprint density at radius 1 is 1.22 bits per heavy atom. The Hall–Kier alpha value is -1.13. The lowest BCUT2D eigenvalue weighted by Crippen LogP contribution is -2.11. The summed E-state index contributed by atoms with van der Waals surface area (Å²) in [4.78, 5) is 10.4. The van der Waals surface area contributed by atoms with Crippen molar-refractivity contribution >= 4 is 28.8 Å². The fraction of sp³-hybridized carbons (Fsp3) is 0.385. The number of hydrogen-bond acceptors (Lipinski definition) is 4. The van der Waals surface area contributed by atoms with Crippen molar-refractivity contribution < 1.29 is 0 Å². The molecule has 94 valence electrons. The number of nitrogens with one attached hydrogen (secondary N) is 1. The second-order valence-corrected chi connectivity index (χ2v) is 6.10. The van der Waals surface area contributed by atoms with Crippen LogP contribution in [-0.4, -0.2) is 17.0 Å². The monoisotopic (exact) mass is 279 g/mol. The Morgan fingerprint density at radius 2 is 2.06 bits per heavy atom. The zero-order valence-electron chi connectivity index (χ0n) is 10.2. The lowest BCUT2D eigenvalue weighted by molar-refractivity contribution is 0.665. The summed E-state index contributed by atoms with van der Waals surface area (Å²) in [6.45, 7) is 0. The van der Waals surface area contributed by atoms with E-state index in [-0.39, 0.29) is 0 Å². The molecule has 1 aliphatic rings. The maximum absolute atomic E-state index is 5.97. The molecule has 0 saturated heterocycles. The summed E-state index contributed by atoms with van der Waals surface area (Å²) in [6.07, 6.45) is 4.59. The summed E-state index contributed by atoms with van der Waals surface area (Å²) in [6, 6.07) is 3.88. The average molecular weight is 280 g/mol. The second kappa shape index (κ2) is 4.86. The molecule has 3 nitrogen and oxygen atoms in total. The van der Waals surface area contributed by atoms with E-state index < -0.39 is 0 Å². The number of fused-ring (bicyclic) bond motifs is 1. The third-order valence-electron chi connectivity index (χ3n) is 3.21. The van der Waals surface area contributed by atoms with Gasteiger partial charge < -0.3 is 5.32 Å². The van der Waals surface area contributed by atoms with Crippen LogP contribution in [0.3, 0.4) is 0 Å². The van der Waals surface area contributed by atoms with E-state index in [0.717, 1.165) is 33.7 Å². The first kappa shape index (κ1) is 11.9. The summed E-state index contributed by atoms with van der Waals surface area (Å²) >= 11 is 7.50. The summed E-state index contributed by atoms with van der Waals surface area (Å²) in [5.41, 5.74) is 2.48. The van der Waals surface area contributed by atoms with Crippen LogP contribution in [0.15, 0.2) is 12.1 Å². The summed E-state index contributed by atoms with van der Waals surface area (Å²) in [7, 11) is 1.92. The van der Waals surface area contributed by atoms with Crippen molar-refractivity contribution in [2.45, 2.75) is 25.7 Å². The Labute approximate surface area is 115 Å². The van der Waals surface area contributed by atoms with Gasteiger partial charge in [0.1, 0.15) is 5.82 Å².